The fourth-order valence-electron chi connectivity index (χ4n) is 2.52. The molecule has 19 heavy (non-hydrogen) atoms. The largest absolute Gasteiger partial charge is 0.342 e. The SMILES string of the molecule is CC(C)N(C)C(=O)C(C)S(=O)(=O)CC1CCCCC1. The zero-order valence-electron chi connectivity index (χ0n) is 12.6. The second-order valence-electron chi connectivity index (χ2n) is 6.02. The van der Waals surface area contributed by atoms with Crippen molar-refractivity contribution < 1.29 is 13.2 Å². The Kier molecular flexibility index (Phi) is 5.83. The average molecular weight is 289 g/mol. The van der Waals surface area contributed by atoms with Crippen LogP contribution < -0.4 is 0 Å². The number of hydrogen-bond donors (Lipinski definition) is 0. The predicted molar refractivity (Wildman–Crippen MR) is 77.7 cm³/mol. The highest BCUT2D eigenvalue weighted by molar-refractivity contribution is 7.92. The normalized spacial score (nSPS) is 19.4. The molecule has 1 saturated carbocycles. The summed E-state index contributed by atoms with van der Waals surface area (Å²) in [6, 6.07) is 0.0276. The zero-order chi connectivity index (χ0) is 14.6. The maximum Gasteiger partial charge on any atom is 0.240 e. The van der Waals surface area contributed by atoms with Crippen LogP contribution in [-0.4, -0.2) is 43.3 Å². The summed E-state index contributed by atoms with van der Waals surface area (Å²) in [7, 11) is -1.66. The Morgan fingerprint density at radius 2 is 1.68 bits per heavy atom. The topological polar surface area (TPSA) is 54.5 Å². The van der Waals surface area contributed by atoms with Gasteiger partial charge in [-0.25, -0.2) is 8.42 Å². The van der Waals surface area contributed by atoms with E-state index in [1.807, 2.05) is 13.8 Å². The van der Waals surface area contributed by atoms with Gasteiger partial charge >= 0.3 is 0 Å². The van der Waals surface area contributed by atoms with Gasteiger partial charge in [-0.05, 0) is 39.5 Å². The van der Waals surface area contributed by atoms with E-state index in [0.717, 1.165) is 25.7 Å². The highest BCUT2D eigenvalue weighted by Crippen LogP contribution is 2.26. The third kappa shape index (κ3) is 4.48. The predicted octanol–water partition coefficient (Wildman–Crippen LogP) is 2.24. The number of nitrogens with zero attached hydrogens (tertiary/aromatic N) is 1. The van der Waals surface area contributed by atoms with E-state index in [0.29, 0.717) is 0 Å². The number of rotatable bonds is 5. The first-order valence-electron chi connectivity index (χ1n) is 7.24. The van der Waals surface area contributed by atoms with E-state index in [-0.39, 0.29) is 23.6 Å². The number of amides is 1. The van der Waals surface area contributed by atoms with E-state index in [2.05, 4.69) is 0 Å². The van der Waals surface area contributed by atoms with Gasteiger partial charge in [-0.3, -0.25) is 4.79 Å². The van der Waals surface area contributed by atoms with Crippen LogP contribution in [0.3, 0.4) is 0 Å². The van der Waals surface area contributed by atoms with Crippen LogP contribution in [0.1, 0.15) is 52.9 Å². The molecule has 0 aromatic rings. The molecular formula is C14H27NO3S. The molecule has 0 saturated heterocycles. The van der Waals surface area contributed by atoms with Crippen LogP contribution in [0.5, 0.6) is 0 Å². The van der Waals surface area contributed by atoms with Crippen LogP contribution in [0.4, 0.5) is 0 Å². The molecule has 0 radical (unpaired) electrons. The molecule has 1 aliphatic carbocycles. The molecule has 1 fully saturated rings. The minimum Gasteiger partial charge on any atom is -0.342 e. The van der Waals surface area contributed by atoms with Crippen molar-refractivity contribution >= 4 is 15.7 Å². The molecule has 1 unspecified atom stereocenters. The molecule has 0 spiro atoms. The molecule has 0 aromatic heterocycles. The molecule has 0 N–H and O–H groups in total. The lowest BCUT2D eigenvalue weighted by molar-refractivity contribution is -0.130. The summed E-state index contributed by atoms with van der Waals surface area (Å²) in [5.74, 6) is 0.135. The first-order chi connectivity index (χ1) is 8.75. The molecule has 4 nitrogen and oxygen atoms in total. The Labute approximate surface area is 117 Å². The molecule has 1 amide bonds. The van der Waals surface area contributed by atoms with Gasteiger partial charge in [-0.1, -0.05) is 19.3 Å². The molecule has 1 rings (SSSR count). The Morgan fingerprint density at radius 1 is 1.16 bits per heavy atom. The minimum absolute atomic E-state index is 0.0276. The fourth-order valence-corrected chi connectivity index (χ4v) is 4.27. The van der Waals surface area contributed by atoms with Gasteiger partial charge in [0.15, 0.2) is 9.84 Å². The van der Waals surface area contributed by atoms with E-state index < -0.39 is 15.1 Å². The van der Waals surface area contributed by atoms with Crippen molar-refractivity contribution in [2.24, 2.45) is 5.92 Å². The summed E-state index contributed by atoms with van der Waals surface area (Å²) < 4.78 is 24.6. The lowest BCUT2D eigenvalue weighted by Crippen LogP contribution is -2.44. The van der Waals surface area contributed by atoms with Crippen molar-refractivity contribution in [1.82, 2.24) is 4.90 Å². The maximum absolute atomic E-state index is 12.3. The van der Waals surface area contributed by atoms with E-state index in [4.69, 9.17) is 0 Å². The first-order valence-corrected chi connectivity index (χ1v) is 8.95. The van der Waals surface area contributed by atoms with Crippen LogP contribution >= 0.6 is 0 Å². The second-order valence-corrected chi connectivity index (χ2v) is 8.38. The smallest absolute Gasteiger partial charge is 0.240 e. The van der Waals surface area contributed by atoms with E-state index in [9.17, 15) is 13.2 Å². The lowest BCUT2D eigenvalue weighted by atomic mass is 9.91. The van der Waals surface area contributed by atoms with Gasteiger partial charge in [0.2, 0.25) is 5.91 Å². The summed E-state index contributed by atoms with van der Waals surface area (Å²) in [5.41, 5.74) is 0. The number of hydrogen-bond acceptors (Lipinski definition) is 3. The Hall–Kier alpha value is -0.580. The van der Waals surface area contributed by atoms with Gasteiger partial charge in [0, 0.05) is 13.1 Å². The zero-order valence-corrected chi connectivity index (χ0v) is 13.4. The van der Waals surface area contributed by atoms with Crippen LogP contribution in [-0.2, 0) is 14.6 Å². The van der Waals surface area contributed by atoms with Crippen molar-refractivity contribution in [2.45, 2.75) is 64.2 Å². The number of carbonyl (C=O) groups excluding carboxylic acids is 1. The Morgan fingerprint density at radius 3 is 2.16 bits per heavy atom. The Balaban J connectivity index is 2.67. The molecule has 0 bridgehead atoms. The van der Waals surface area contributed by atoms with Crippen LogP contribution in [0.25, 0.3) is 0 Å². The standard InChI is InChI=1S/C14H27NO3S/c1-11(2)15(4)14(16)12(3)19(17,18)10-13-8-6-5-7-9-13/h11-13H,5-10H2,1-4H3. The van der Waals surface area contributed by atoms with Gasteiger partial charge < -0.3 is 4.90 Å². The summed E-state index contributed by atoms with van der Waals surface area (Å²) in [4.78, 5) is 13.6. The molecule has 0 aliphatic heterocycles. The summed E-state index contributed by atoms with van der Waals surface area (Å²) in [5, 5.41) is -0.915. The van der Waals surface area contributed by atoms with Crippen molar-refractivity contribution in [3.63, 3.8) is 0 Å². The molecular weight excluding hydrogens is 262 g/mol. The second kappa shape index (κ2) is 6.73. The molecule has 5 heteroatoms. The highest BCUT2D eigenvalue weighted by Gasteiger charge is 2.33. The fraction of sp³-hybridized carbons (Fsp3) is 0.929. The molecule has 112 valence electrons. The van der Waals surface area contributed by atoms with Crippen LogP contribution in [0, 0.1) is 5.92 Å². The monoisotopic (exact) mass is 289 g/mol. The van der Waals surface area contributed by atoms with Crippen molar-refractivity contribution in [3.8, 4) is 0 Å². The maximum atomic E-state index is 12.3. The molecule has 0 heterocycles. The molecule has 1 atom stereocenters. The Bertz CT molecular complexity index is 397. The number of carbonyl (C=O) groups is 1. The lowest BCUT2D eigenvalue weighted by Gasteiger charge is -2.27. The first kappa shape index (κ1) is 16.5. The summed E-state index contributed by atoms with van der Waals surface area (Å²) >= 11 is 0. The highest BCUT2D eigenvalue weighted by atomic mass is 32.2. The van der Waals surface area contributed by atoms with E-state index in [1.165, 1.54) is 18.2 Å². The third-order valence-electron chi connectivity index (χ3n) is 4.20. The summed E-state index contributed by atoms with van der Waals surface area (Å²) in [6.45, 7) is 5.30. The van der Waals surface area contributed by atoms with Gasteiger partial charge in [-0.2, -0.15) is 0 Å². The van der Waals surface area contributed by atoms with Gasteiger partial charge in [0.1, 0.15) is 5.25 Å². The van der Waals surface area contributed by atoms with Gasteiger partial charge in [0.05, 0.1) is 5.75 Å². The van der Waals surface area contributed by atoms with E-state index in [1.54, 1.807) is 7.05 Å². The van der Waals surface area contributed by atoms with Gasteiger partial charge in [-0.15, -0.1) is 0 Å². The van der Waals surface area contributed by atoms with Crippen LogP contribution in [0.15, 0.2) is 0 Å². The minimum atomic E-state index is -3.33. The van der Waals surface area contributed by atoms with Gasteiger partial charge in [0.25, 0.3) is 0 Å². The third-order valence-corrected chi connectivity index (χ3v) is 6.42. The van der Waals surface area contributed by atoms with E-state index >= 15 is 0 Å². The molecule has 0 aromatic carbocycles. The quantitative estimate of drug-likeness (QED) is 0.780. The summed E-state index contributed by atoms with van der Waals surface area (Å²) in [6.07, 6.45) is 5.42. The van der Waals surface area contributed by atoms with Crippen LogP contribution in [0.2, 0.25) is 0 Å². The van der Waals surface area contributed by atoms with Crippen molar-refractivity contribution in [2.75, 3.05) is 12.8 Å². The number of sulfone groups is 1. The molecule has 1 aliphatic rings. The van der Waals surface area contributed by atoms with Crippen molar-refractivity contribution in [3.05, 3.63) is 0 Å². The van der Waals surface area contributed by atoms with Crippen molar-refractivity contribution in [1.29, 1.82) is 0 Å². The average Bonchev–Trinajstić information content (AvgIpc) is 2.36.